The Bertz CT molecular complexity index is 1180. The van der Waals surface area contributed by atoms with Gasteiger partial charge in [0.2, 0.25) is 0 Å². The summed E-state index contributed by atoms with van der Waals surface area (Å²) in [6, 6.07) is 11.4. The number of rotatable bonds is 4. The first-order valence-corrected chi connectivity index (χ1v) is 14.8. The van der Waals surface area contributed by atoms with E-state index in [1.54, 1.807) is 0 Å². The minimum absolute atomic E-state index is 0.167. The van der Waals surface area contributed by atoms with E-state index < -0.39 is 0 Å². The highest BCUT2D eigenvalue weighted by atomic mass is 16.5. The normalized spacial score (nSPS) is 18.4. The molecule has 1 aromatic carbocycles. The number of fused-ring (bicyclic) bond motifs is 1. The molecule has 40 heavy (non-hydrogen) atoms. The van der Waals surface area contributed by atoms with Crippen molar-refractivity contribution in [1.29, 1.82) is 0 Å². The van der Waals surface area contributed by atoms with E-state index in [2.05, 4.69) is 85.0 Å². The highest BCUT2D eigenvalue weighted by Crippen LogP contribution is 2.28. The number of aryl methyl sites for hydroxylation is 2. The lowest BCUT2D eigenvalue weighted by Gasteiger charge is -2.43. The van der Waals surface area contributed by atoms with E-state index in [4.69, 9.17) is 4.74 Å². The molecule has 2 aliphatic rings. The topological polar surface area (TPSA) is 58.6 Å². The zero-order valence-corrected chi connectivity index (χ0v) is 26.6. The van der Waals surface area contributed by atoms with Crippen LogP contribution in [0.25, 0.3) is 22.0 Å². The fourth-order valence-electron chi connectivity index (χ4n) is 4.91. The number of carbonyl (C=O) groups is 1. The van der Waals surface area contributed by atoms with Crippen molar-refractivity contribution < 1.29 is 9.53 Å². The van der Waals surface area contributed by atoms with Gasteiger partial charge in [0.15, 0.2) is 0 Å². The van der Waals surface area contributed by atoms with Crippen molar-refractivity contribution in [2.45, 2.75) is 86.3 Å². The zero-order valence-electron chi connectivity index (χ0n) is 26.6. The second-order valence-electron chi connectivity index (χ2n) is 11.3. The first-order valence-electron chi connectivity index (χ1n) is 14.8. The van der Waals surface area contributed by atoms with Crippen molar-refractivity contribution in [1.82, 2.24) is 14.9 Å². The molecule has 2 atom stereocenters. The lowest BCUT2D eigenvalue weighted by molar-refractivity contribution is -0.115. The number of hydrogen-bond donors (Lipinski definition) is 0. The molecule has 0 amide bonds. The molecule has 1 aliphatic carbocycles. The Morgan fingerprint density at radius 1 is 0.975 bits per heavy atom. The maximum absolute atomic E-state index is 9.44. The fraction of sp³-hybridized carbons (Fsp3) is 0.559. The van der Waals surface area contributed by atoms with Gasteiger partial charge >= 0.3 is 0 Å². The minimum atomic E-state index is 0.167. The predicted octanol–water partition coefficient (Wildman–Crippen LogP) is 7.50. The summed E-state index contributed by atoms with van der Waals surface area (Å²) in [4.78, 5) is 23.3. The van der Waals surface area contributed by atoms with Crippen LogP contribution in [-0.4, -0.2) is 67.1 Å². The van der Waals surface area contributed by atoms with Crippen LogP contribution in [0.3, 0.4) is 0 Å². The van der Waals surface area contributed by atoms with E-state index in [9.17, 15) is 4.79 Å². The third-order valence-corrected chi connectivity index (χ3v) is 7.61. The number of pyridine rings is 2. The molecule has 220 valence electrons. The van der Waals surface area contributed by atoms with Crippen LogP contribution in [0.1, 0.15) is 71.4 Å². The summed E-state index contributed by atoms with van der Waals surface area (Å²) in [6.07, 6.45) is 9.81. The van der Waals surface area contributed by atoms with Crippen LogP contribution in [0.15, 0.2) is 42.7 Å². The van der Waals surface area contributed by atoms with Crippen LogP contribution < -0.4 is 4.90 Å². The van der Waals surface area contributed by atoms with Crippen molar-refractivity contribution in [2.75, 3.05) is 39.2 Å². The number of methoxy groups -OCH3 is 1. The molecular formula is C34H52N4O2. The molecule has 6 nitrogen and oxygen atoms in total. The maximum atomic E-state index is 9.44. The molecule has 6 heteroatoms. The first kappa shape index (κ1) is 33.4. The Hall–Kier alpha value is -2.83. The first-order chi connectivity index (χ1) is 19.1. The van der Waals surface area contributed by atoms with E-state index in [0.717, 1.165) is 35.9 Å². The van der Waals surface area contributed by atoms with Crippen LogP contribution >= 0.6 is 0 Å². The lowest BCUT2D eigenvalue weighted by atomic mass is 9.89. The van der Waals surface area contributed by atoms with Gasteiger partial charge in [-0.3, -0.25) is 4.98 Å². The highest BCUT2D eigenvalue weighted by molar-refractivity contribution is 5.87. The number of aromatic nitrogens is 2. The second-order valence-corrected chi connectivity index (χ2v) is 11.3. The van der Waals surface area contributed by atoms with Gasteiger partial charge in [-0.05, 0) is 102 Å². The fourth-order valence-corrected chi connectivity index (χ4v) is 4.91. The van der Waals surface area contributed by atoms with Crippen molar-refractivity contribution in [3.05, 3.63) is 53.9 Å². The number of Topliss-reactive ketones (excluding diaryl/α,β-unsaturated/α-hetero) is 1. The van der Waals surface area contributed by atoms with Gasteiger partial charge in [0.25, 0.3) is 0 Å². The summed E-state index contributed by atoms with van der Waals surface area (Å²) < 4.78 is 5.26. The van der Waals surface area contributed by atoms with Crippen molar-refractivity contribution in [3.63, 3.8) is 0 Å². The van der Waals surface area contributed by atoms with Gasteiger partial charge in [-0.2, -0.15) is 0 Å². The molecule has 1 saturated heterocycles. The zero-order chi connectivity index (χ0) is 29.8. The highest BCUT2D eigenvalue weighted by Gasteiger charge is 2.29. The Labute approximate surface area is 243 Å². The smallest absolute Gasteiger partial charge is 0.128 e. The Morgan fingerprint density at radius 2 is 1.62 bits per heavy atom. The van der Waals surface area contributed by atoms with Crippen LogP contribution in [0.5, 0.6) is 0 Å². The van der Waals surface area contributed by atoms with Gasteiger partial charge in [-0.15, -0.1) is 0 Å². The molecule has 1 aliphatic heterocycles. The summed E-state index contributed by atoms with van der Waals surface area (Å²) >= 11 is 0. The van der Waals surface area contributed by atoms with Crippen LogP contribution in [-0.2, 0) is 9.53 Å². The SMILES string of the molecule is CC.CC(C)=O.COC1CCCC(C)C1.Cc1cnc2ccc(-c3ccc(N4CC(N(C)C)C4)nc3)cc2c1C. The number of likely N-dealkylation sites (N-methyl/N-ethyl adjacent to an activating group) is 1. The quantitative estimate of drug-likeness (QED) is 0.336. The summed E-state index contributed by atoms with van der Waals surface area (Å²) in [5.41, 5.74) is 5.91. The number of ketones is 1. The molecule has 1 saturated carbocycles. The van der Waals surface area contributed by atoms with Gasteiger partial charge in [-0.25, -0.2) is 4.98 Å². The average Bonchev–Trinajstić information content (AvgIpc) is 2.91. The standard InChI is InChI=1S/C21H24N4.C8H16O.C3H6O.C2H6/c1-14-10-22-20-7-5-16(9-19(20)15(14)2)17-6-8-21(23-11-17)25-12-18(13-25)24(3)4;1-7-4-3-5-8(6-7)9-2;1-3(2)4;1-2/h5-11,18H,12-13H2,1-4H3;7-8H,3-6H2,1-2H3;1-2H3;1-2H3. The monoisotopic (exact) mass is 548 g/mol. The molecule has 3 aromatic rings. The van der Waals surface area contributed by atoms with Crippen molar-refractivity contribution in [2.24, 2.45) is 5.92 Å². The third kappa shape index (κ3) is 9.67. The molecule has 0 bridgehead atoms. The van der Waals surface area contributed by atoms with E-state index >= 15 is 0 Å². The molecule has 0 radical (unpaired) electrons. The molecule has 2 unspecified atom stereocenters. The van der Waals surface area contributed by atoms with Crippen LogP contribution in [0, 0.1) is 19.8 Å². The van der Waals surface area contributed by atoms with Crippen LogP contribution in [0.2, 0.25) is 0 Å². The summed E-state index contributed by atoms with van der Waals surface area (Å²) in [5, 5.41) is 1.22. The molecule has 5 rings (SSSR count). The Balaban J connectivity index is 0.000000310. The number of anilines is 1. The van der Waals surface area contributed by atoms with E-state index in [1.807, 2.05) is 33.4 Å². The summed E-state index contributed by atoms with van der Waals surface area (Å²) in [6.45, 7) is 15.7. The Kier molecular flexibility index (Phi) is 13.7. The molecule has 2 fully saturated rings. The van der Waals surface area contributed by atoms with E-state index in [-0.39, 0.29) is 5.78 Å². The largest absolute Gasteiger partial charge is 0.381 e. The van der Waals surface area contributed by atoms with E-state index in [0.29, 0.717) is 12.1 Å². The van der Waals surface area contributed by atoms with Crippen molar-refractivity contribution >= 4 is 22.5 Å². The van der Waals surface area contributed by atoms with E-state index in [1.165, 1.54) is 61.6 Å². The van der Waals surface area contributed by atoms with Gasteiger partial charge < -0.3 is 19.3 Å². The molecule has 2 aromatic heterocycles. The van der Waals surface area contributed by atoms with Gasteiger partial charge in [-0.1, -0.05) is 39.7 Å². The summed E-state index contributed by atoms with van der Waals surface area (Å²) in [7, 11) is 6.09. The minimum Gasteiger partial charge on any atom is -0.381 e. The molecule has 0 N–H and O–H groups in total. The maximum Gasteiger partial charge on any atom is 0.128 e. The summed E-state index contributed by atoms with van der Waals surface area (Å²) in [5.74, 6) is 2.13. The average molecular weight is 549 g/mol. The third-order valence-electron chi connectivity index (χ3n) is 7.61. The van der Waals surface area contributed by atoms with Gasteiger partial charge in [0.05, 0.1) is 11.6 Å². The number of carbonyl (C=O) groups excluding carboxylic acids is 1. The second kappa shape index (κ2) is 16.4. The Morgan fingerprint density at radius 3 is 2.15 bits per heavy atom. The number of ether oxygens (including phenoxy) is 1. The molecule has 3 heterocycles. The number of benzene rings is 1. The number of hydrogen-bond acceptors (Lipinski definition) is 6. The molecular weight excluding hydrogens is 496 g/mol. The van der Waals surface area contributed by atoms with Gasteiger partial charge in [0.1, 0.15) is 11.6 Å². The predicted molar refractivity (Wildman–Crippen MR) is 170 cm³/mol. The lowest BCUT2D eigenvalue weighted by Crippen LogP contribution is -2.57. The van der Waals surface area contributed by atoms with Crippen LogP contribution in [0.4, 0.5) is 5.82 Å². The van der Waals surface area contributed by atoms with Crippen molar-refractivity contribution in [3.8, 4) is 11.1 Å². The number of nitrogens with zero attached hydrogens (tertiary/aromatic N) is 4. The van der Waals surface area contributed by atoms with Gasteiger partial charge in [0, 0.05) is 49.6 Å². The molecule has 0 spiro atoms.